The van der Waals surface area contributed by atoms with Crippen LogP contribution in [0.3, 0.4) is 0 Å². The van der Waals surface area contributed by atoms with Crippen LogP contribution in [0.25, 0.3) is 0 Å². The molecule has 96 valence electrons. The second kappa shape index (κ2) is 5.12. The summed E-state index contributed by atoms with van der Waals surface area (Å²) in [6.45, 7) is 1.02. The molecule has 6 heteroatoms. The van der Waals surface area contributed by atoms with Crippen molar-refractivity contribution in [2.45, 2.75) is 12.8 Å². The first kappa shape index (κ1) is 12.5. The SMILES string of the molecule is O=CC1CCCN(c2cc(F)ccc2[N+](=O)[O-])C1. The molecule has 0 N–H and O–H groups in total. The number of nitrogens with zero attached hydrogens (tertiary/aromatic N) is 2. The van der Waals surface area contributed by atoms with Crippen molar-refractivity contribution in [3.63, 3.8) is 0 Å². The molecule has 0 amide bonds. The molecule has 1 atom stereocenters. The van der Waals surface area contributed by atoms with Gasteiger partial charge in [0.2, 0.25) is 0 Å². The lowest BCUT2D eigenvalue weighted by Crippen LogP contribution is -2.36. The Hall–Kier alpha value is -1.98. The van der Waals surface area contributed by atoms with E-state index in [-0.39, 0.29) is 17.3 Å². The van der Waals surface area contributed by atoms with Gasteiger partial charge in [0.25, 0.3) is 5.69 Å². The molecular weight excluding hydrogens is 239 g/mol. The molecule has 1 unspecified atom stereocenters. The van der Waals surface area contributed by atoms with Crippen molar-refractivity contribution in [2.24, 2.45) is 5.92 Å². The Balaban J connectivity index is 2.33. The summed E-state index contributed by atoms with van der Waals surface area (Å²) in [5.41, 5.74) is 0.134. The standard InChI is InChI=1S/C12H13FN2O3/c13-10-3-4-11(15(17)18)12(6-10)14-5-1-2-9(7-14)8-16/h3-4,6,8-9H,1-2,5,7H2. The van der Waals surface area contributed by atoms with Crippen LogP contribution < -0.4 is 4.90 Å². The first-order chi connectivity index (χ1) is 8.61. The molecule has 1 aliphatic heterocycles. The maximum atomic E-state index is 13.2. The highest BCUT2D eigenvalue weighted by Crippen LogP contribution is 2.31. The van der Waals surface area contributed by atoms with Crippen LogP contribution in [0.15, 0.2) is 18.2 Å². The summed E-state index contributed by atoms with van der Waals surface area (Å²) < 4.78 is 13.2. The van der Waals surface area contributed by atoms with Crippen molar-refractivity contribution in [2.75, 3.05) is 18.0 Å². The molecule has 1 heterocycles. The minimum Gasteiger partial charge on any atom is -0.365 e. The zero-order valence-electron chi connectivity index (χ0n) is 9.71. The molecule has 0 saturated carbocycles. The second-order valence-electron chi connectivity index (χ2n) is 4.37. The Labute approximate surface area is 103 Å². The first-order valence-electron chi connectivity index (χ1n) is 5.76. The molecule has 1 aromatic carbocycles. The normalized spacial score (nSPS) is 19.6. The van der Waals surface area contributed by atoms with Crippen LogP contribution in [-0.2, 0) is 4.79 Å². The number of rotatable bonds is 3. The Morgan fingerprint density at radius 1 is 1.50 bits per heavy atom. The summed E-state index contributed by atoms with van der Waals surface area (Å²) in [5.74, 6) is -0.648. The van der Waals surface area contributed by atoms with E-state index in [1.54, 1.807) is 4.90 Å². The fourth-order valence-corrected chi connectivity index (χ4v) is 2.24. The topological polar surface area (TPSA) is 63.5 Å². The van der Waals surface area contributed by atoms with E-state index in [0.29, 0.717) is 13.1 Å². The zero-order chi connectivity index (χ0) is 13.1. The third-order valence-electron chi connectivity index (χ3n) is 3.13. The van der Waals surface area contributed by atoms with E-state index in [1.165, 1.54) is 0 Å². The number of carbonyl (C=O) groups is 1. The Bertz CT molecular complexity index is 478. The van der Waals surface area contributed by atoms with Gasteiger partial charge in [0.15, 0.2) is 0 Å². The van der Waals surface area contributed by atoms with E-state index in [0.717, 1.165) is 37.3 Å². The minimum absolute atomic E-state index is 0.122. The Morgan fingerprint density at radius 2 is 2.28 bits per heavy atom. The Kier molecular flexibility index (Phi) is 3.55. The van der Waals surface area contributed by atoms with E-state index in [9.17, 15) is 19.3 Å². The minimum atomic E-state index is -0.528. The lowest BCUT2D eigenvalue weighted by molar-refractivity contribution is -0.384. The van der Waals surface area contributed by atoms with Gasteiger partial charge < -0.3 is 9.69 Å². The summed E-state index contributed by atoms with van der Waals surface area (Å²) in [5, 5.41) is 10.9. The van der Waals surface area contributed by atoms with Crippen molar-refractivity contribution in [1.82, 2.24) is 0 Å². The van der Waals surface area contributed by atoms with Crippen LogP contribution in [0.5, 0.6) is 0 Å². The number of piperidine rings is 1. The molecule has 0 aliphatic carbocycles. The second-order valence-corrected chi connectivity index (χ2v) is 4.37. The van der Waals surface area contributed by atoms with Crippen LogP contribution in [0.4, 0.5) is 15.8 Å². The number of nitro groups is 1. The number of halogens is 1. The van der Waals surface area contributed by atoms with Gasteiger partial charge in [0.05, 0.1) is 4.92 Å². The first-order valence-corrected chi connectivity index (χ1v) is 5.76. The van der Waals surface area contributed by atoms with Crippen molar-refractivity contribution in [1.29, 1.82) is 0 Å². The fourth-order valence-electron chi connectivity index (χ4n) is 2.24. The van der Waals surface area contributed by atoms with E-state index in [2.05, 4.69) is 0 Å². The smallest absolute Gasteiger partial charge is 0.292 e. The van der Waals surface area contributed by atoms with E-state index < -0.39 is 10.7 Å². The van der Waals surface area contributed by atoms with Gasteiger partial charge in [-0.15, -0.1) is 0 Å². The molecule has 1 aliphatic rings. The third kappa shape index (κ3) is 2.47. The lowest BCUT2D eigenvalue weighted by atomic mass is 9.99. The molecule has 0 radical (unpaired) electrons. The zero-order valence-corrected chi connectivity index (χ0v) is 9.71. The predicted octanol–water partition coefficient (Wildman–Crippen LogP) is 2.15. The third-order valence-corrected chi connectivity index (χ3v) is 3.13. The highest BCUT2D eigenvalue weighted by atomic mass is 19.1. The molecule has 5 nitrogen and oxygen atoms in total. The number of hydrogen-bond donors (Lipinski definition) is 0. The Morgan fingerprint density at radius 3 is 2.94 bits per heavy atom. The number of anilines is 1. The summed E-state index contributed by atoms with van der Waals surface area (Å²) in [6, 6.07) is 3.39. The number of hydrogen-bond acceptors (Lipinski definition) is 4. The maximum Gasteiger partial charge on any atom is 0.292 e. The van der Waals surface area contributed by atoms with Gasteiger partial charge in [0.1, 0.15) is 17.8 Å². The summed E-state index contributed by atoms with van der Waals surface area (Å²) >= 11 is 0. The summed E-state index contributed by atoms with van der Waals surface area (Å²) in [6.07, 6.45) is 2.41. The van der Waals surface area contributed by atoms with Gasteiger partial charge in [-0.05, 0) is 18.9 Å². The molecule has 1 saturated heterocycles. The van der Waals surface area contributed by atoms with Gasteiger partial charge in [-0.2, -0.15) is 0 Å². The molecule has 0 spiro atoms. The van der Waals surface area contributed by atoms with Gasteiger partial charge in [-0.1, -0.05) is 0 Å². The fraction of sp³-hybridized carbons (Fsp3) is 0.417. The number of aldehydes is 1. The average Bonchev–Trinajstić information content (AvgIpc) is 2.38. The largest absolute Gasteiger partial charge is 0.365 e. The van der Waals surface area contributed by atoms with Crippen molar-refractivity contribution in [3.05, 3.63) is 34.1 Å². The van der Waals surface area contributed by atoms with Gasteiger partial charge in [-0.3, -0.25) is 10.1 Å². The molecule has 1 aromatic rings. The van der Waals surface area contributed by atoms with Gasteiger partial charge in [-0.25, -0.2) is 4.39 Å². The molecule has 18 heavy (non-hydrogen) atoms. The predicted molar refractivity (Wildman–Crippen MR) is 64.1 cm³/mol. The van der Waals surface area contributed by atoms with Crippen LogP contribution in [0.2, 0.25) is 0 Å². The van der Waals surface area contributed by atoms with Gasteiger partial charge in [0, 0.05) is 31.1 Å². The van der Waals surface area contributed by atoms with Crippen LogP contribution in [0.1, 0.15) is 12.8 Å². The summed E-state index contributed by atoms with van der Waals surface area (Å²) in [4.78, 5) is 22.9. The number of nitro benzene ring substituents is 1. The van der Waals surface area contributed by atoms with Crippen LogP contribution in [-0.4, -0.2) is 24.3 Å². The molecule has 1 fully saturated rings. The van der Waals surface area contributed by atoms with Crippen LogP contribution >= 0.6 is 0 Å². The van der Waals surface area contributed by atoms with Crippen molar-refractivity contribution >= 4 is 17.7 Å². The molecule has 2 rings (SSSR count). The highest BCUT2D eigenvalue weighted by Gasteiger charge is 2.25. The number of benzene rings is 1. The quantitative estimate of drug-likeness (QED) is 0.469. The van der Waals surface area contributed by atoms with Crippen molar-refractivity contribution in [3.8, 4) is 0 Å². The van der Waals surface area contributed by atoms with Crippen molar-refractivity contribution < 1.29 is 14.1 Å². The molecule has 0 aromatic heterocycles. The lowest BCUT2D eigenvalue weighted by Gasteiger charge is -2.31. The number of carbonyl (C=O) groups excluding carboxylic acids is 1. The maximum absolute atomic E-state index is 13.2. The highest BCUT2D eigenvalue weighted by molar-refractivity contribution is 5.65. The van der Waals surface area contributed by atoms with E-state index in [1.807, 2.05) is 0 Å². The molecule has 0 bridgehead atoms. The molecular formula is C12H13FN2O3. The van der Waals surface area contributed by atoms with E-state index >= 15 is 0 Å². The van der Waals surface area contributed by atoms with E-state index in [4.69, 9.17) is 0 Å². The van der Waals surface area contributed by atoms with Crippen LogP contribution in [0, 0.1) is 21.8 Å². The monoisotopic (exact) mass is 252 g/mol. The average molecular weight is 252 g/mol. The summed E-state index contributed by atoms with van der Waals surface area (Å²) in [7, 11) is 0. The van der Waals surface area contributed by atoms with Gasteiger partial charge >= 0.3 is 0 Å².